The molecule has 15 heteroatoms. The molecule has 0 radical (unpaired) electrons. The summed E-state index contributed by atoms with van der Waals surface area (Å²) in [5.41, 5.74) is 2.94. The van der Waals surface area contributed by atoms with Gasteiger partial charge >= 0.3 is 6.09 Å². The first kappa shape index (κ1) is 29.5. The number of rotatable bonds is 5. The smallest absolute Gasteiger partial charge is 0.411 e. The van der Waals surface area contributed by atoms with Crippen LogP contribution in [0.15, 0.2) is 61.0 Å². The second-order valence-corrected chi connectivity index (χ2v) is 10.1. The number of tetrazole rings is 1. The number of carbonyl (C=O) groups excluding carboxylic acids is 3. The third-order valence-corrected chi connectivity index (χ3v) is 6.89. The van der Waals surface area contributed by atoms with Gasteiger partial charge in [0.25, 0.3) is 0 Å². The van der Waals surface area contributed by atoms with Crippen molar-refractivity contribution < 1.29 is 19.1 Å². The molecule has 2 bridgehead atoms. The summed E-state index contributed by atoms with van der Waals surface area (Å²) in [6.07, 6.45) is 8.57. The van der Waals surface area contributed by atoms with E-state index < -0.39 is 18.0 Å². The number of anilines is 2. The summed E-state index contributed by atoms with van der Waals surface area (Å²) in [5.74, 6) is -0.212. The molecule has 43 heavy (non-hydrogen) atoms. The maximum Gasteiger partial charge on any atom is 0.411 e. The van der Waals surface area contributed by atoms with Crippen LogP contribution in [-0.2, 0) is 14.3 Å². The number of H-pyrrole nitrogens is 1. The van der Waals surface area contributed by atoms with E-state index in [0.717, 1.165) is 0 Å². The summed E-state index contributed by atoms with van der Waals surface area (Å²) in [7, 11) is 1.25. The predicted molar refractivity (Wildman–Crippen MR) is 161 cm³/mol. The number of hydrogen-bond acceptors (Lipinski definition) is 8. The molecule has 4 aromatic rings. The van der Waals surface area contributed by atoms with E-state index in [0.29, 0.717) is 57.6 Å². The van der Waals surface area contributed by atoms with Gasteiger partial charge in [-0.25, -0.2) is 9.78 Å². The Balaban J connectivity index is 1.44. The number of nitrogens with zero attached hydrogens (tertiary/aromatic N) is 5. The molecule has 2 aromatic carbocycles. The van der Waals surface area contributed by atoms with Crippen LogP contribution in [0.1, 0.15) is 36.7 Å². The molecule has 1 atom stereocenters. The average Bonchev–Trinajstić information content (AvgIpc) is 3.65. The number of aromatic amines is 1. The van der Waals surface area contributed by atoms with Crippen molar-refractivity contribution in [2.24, 2.45) is 0 Å². The van der Waals surface area contributed by atoms with Crippen molar-refractivity contribution in [1.29, 1.82) is 0 Å². The van der Waals surface area contributed by atoms with Crippen molar-refractivity contribution in [2.75, 3.05) is 17.7 Å². The van der Waals surface area contributed by atoms with Crippen LogP contribution in [-0.4, -0.2) is 55.2 Å². The molecule has 2 aromatic heterocycles. The fraction of sp³-hybridized carbons (Fsp3) is 0.179. The number of nitrogens with one attached hydrogen (secondary N) is 4. The third kappa shape index (κ3) is 7.26. The second-order valence-electron chi connectivity index (χ2n) is 9.31. The molecule has 4 N–H and O–H groups in total. The van der Waals surface area contributed by atoms with Crippen LogP contribution in [0.3, 0.4) is 0 Å². The van der Waals surface area contributed by atoms with E-state index in [4.69, 9.17) is 28.2 Å². The van der Waals surface area contributed by atoms with Gasteiger partial charge in [0, 0.05) is 34.3 Å². The zero-order valence-corrected chi connectivity index (χ0v) is 24.2. The van der Waals surface area contributed by atoms with E-state index in [2.05, 4.69) is 41.2 Å². The summed E-state index contributed by atoms with van der Waals surface area (Å²) < 4.78 is 6.13. The molecule has 13 nitrogen and oxygen atoms in total. The number of amides is 3. The minimum absolute atomic E-state index is 0.208. The van der Waals surface area contributed by atoms with Crippen LogP contribution < -0.4 is 16.0 Å². The summed E-state index contributed by atoms with van der Waals surface area (Å²) in [5, 5.41) is 20.3. The second kappa shape index (κ2) is 13.3. The van der Waals surface area contributed by atoms with Gasteiger partial charge in [-0.2, -0.15) is 4.68 Å². The highest BCUT2D eigenvalue weighted by Gasteiger charge is 2.22. The molecule has 0 saturated carbocycles. The first-order valence-electron chi connectivity index (χ1n) is 13.0. The van der Waals surface area contributed by atoms with Gasteiger partial charge in [-0.1, -0.05) is 35.4 Å². The molecule has 3 heterocycles. The summed E-state index contributed by atoms with van der Waals surface area (Å²) in [6.45, 7) is 0. The predicted octanol–water partition coefficient (Wildman–Crippen LogP) is 5.09. The Hall–Kier alpha value is -5.01. The Kier molecular flexibility index (Phi) is 9.13. The number of allylic oxidation sites excluding steroid dienone is 1. The summed E-state index contributed by atoms with van der Waals surface area (Å²) in [4.78, 5) is 45.3. The largest absolute Gasteiger partial charge is 0.453 e. The fourth-order valence-electron chi connectivity index (χ4n) is 4.35. The zero-order chi connectivity index (χ0) is 30.3. The summed E-state index contributed by atoms with van der Waals surface area (Å²) in [6, 6.07) is 9.46. The number of halogens is 2. The normalized spacial score (nSPS) is 15.0. The van der Waals surface area contributed by atoms with E-state index in [-0.39, 0.29) is 17.5 Å². The van der Waals surface area contributed by atoms with Gasteiger partial charge in [-0.05, 0) is 65.7 Å². The monoisotopic (exact) mass is 621 g/mol. The van der Waals surface area contributed by atoms with Crippen LogP contribution in [0.4, 0.5) is 16.2 Å². The number of ether oxygens (including phenoxy) is 1. The first-order chi connectivity index (χ1) is 20.8. The molecule has 5 rings (SSSR count). The molecule has 0 aliphatic carbocycles. The highest BCUT2D eigenvalue weighted by atomic mass is 35.5. The van der Waals surface area contributed by atoms with Gasteiger partial charge < -0.3 is 20.4 Å². The number of imidazole rings is 1. The number of benzene rings is 2. The molecular formula is C28H25Cl2N9O4. The Labute approximate surface area is 255 Å². The topological polar surface area (TPSA) is 169 Å². The van der Waals surface area contributed by atoms with Gasteiger partial charge in [-0.3, -0.25) is 14.9 Å². The van der Waals surface area contributed by atoms with Gasteiger partial charge in [-0.15, -0.1) is 5.10 Å². The number of fused-ring (bicyclic) bond motifs is 4. The van der Waals surface area contributed by atoms with Gasteiger partial charge in [0.2, 0.25) is 11.8 Å². The molecule has 3 amide bonds. The molecule has 0 spiro atoms. The lowest BCUT2D eigenvalue weighted by Gasteiger charge is -2.14. The van der Waals surface area contributed by atoms with E-state index in [1.807, 2.05) is 12.2 Å². The zero-order valence-electron chi connectivity index (χ0n) is 22.7. The number of aromatic nitrogens is 6. The van der Waals surface area contributed by atoms with Crippen LogP contribution >= 0.6 is 23.2 Å². The van der Waals surface area contributed by atoms with Crippen LogP contribution in [0.2, 0.25) is 10.2 Å². The SMILES string of the molecule is COC(=O)Nc1ccc2c(c1)NC(=O)CCC=CCC(NC(=O)C=Cc1cc(Cl)ccc1-n1cnnn1)c1nc-2c(Cl)[nH]1. The lowest BCUT2D eigenvalue weighted by molar-refractivity contribution is -0.117. The minimum Gasteiger partial charge on any atom is -0.453 e. The van der Waals surface area contributed by atoms with Gasteiger partial charge in [0.1, 0.15) is 23.0 Å². The Morgan fingerprint density at radius 3 is 2.81 bits per heavy atom. The lowest BCUT2D eigenvalue weighted by atomic mass is 10.1. The molecule has 1 aliphatic heterocycles. The van der Waals surface area contributed by atoms with Crippen molar-refractivity contribution >= 4 is 58.6 Å². The molecule has 220 valence electrons. The molecule has 1 aliphatic rings. The molecule has 0 saturated heterocycles. The van der Waals surface area contributed by atoms with E-state index in [1.54, 1.807) is 42.5 Å². The van der Waals surface area contributed by atoms with Crippen molar-refractivity contribution in [3.05, 3.63) is 82.5 Å². The molecule has 0 fully saturated rings. The molecule has 1 unspecified atom stereocenters. The first-order valence-corrected chi connectivity index (χ1v) is 13.8. The average molecular weight is 622 g/mol. The number of hydrogen-bond donors (Lipinski definition) is 4. The molecular weight excluding hydrogens is 597 g/mol. The van der Waals surface area contributed by atoms with Crippen molar-refractivity contribution in [2.45, 2.75) is 25.3 Å². The maximum atomic E-state index is 13.1. The van der Waals surface area contributed by atoms with Crippen LogP contribution in [0.5, 0.6) is 0 Å². The van der Waals surface area contributed by atoms with Crippen molar-refractivity contribution in [3.8, 4) is 16.9 Å². The highest BCUT2D eigenvalue weighted by molar-refractivity contribution is 6.32. The van der Waals surface area contributed by atoms with Crippen molar-refractivity contribution in [3.63, 3.8) is 0 Å². The summed E-state index contributed by atoms with van der Waals surface area (Å²) >= 11 is 12.8. The quantitative estimate of drug-likeness (QED) is 0.176. The van der Waals surface area contributed by atoms with E-state index >= 15 is 0 Å². The van der Waals surface area contributed by atoms with Crippen molar-refractivity contribution in [1.82, 2.24) is 35.5 Å². The fourth-order valence-corrected chi connectivity index (χ4v) is 4.78. The van der Waals surface area contributed by atoms with Gasteiger partial charge in [0.15, 0.2) is 0 Å². The highest BCUT2D eigenvalue weighted by Crippen LogP contribution is 2.35. The maximum absolute atomic E-state index is 13.1. The number of carbonyl (C=O) groups is 3. The van der Waals surface area contributed by atoms with E-state index in [9.17, 15) is 14.4 Å². The van der Waals surface area contributed by atoms with Crippen LogP contribution in [0, 0.1) is 0 Å². The standard InChI is InChI=1S/C28H25Cl2N9O4/c1-43-28(42)32-18-9-10-19-21(14-18)34-23(40)6-4-2-3-5-20(27-35-25(19)26(30)36-27)33-24(41)12-7-16-13-17(29)8-11-22(16)39-15-31-37-38-39/h2-3,7-15,20H,4-6H2,1H3,(H,32,42)(H,33,41)(H,34,40)(H,35,36). The van der Waals surface area contributed by atoms with E-state index in [1.165, 1.54) is 24.2 Å². The Bertz CT molecular complexity index is 1720. The Morgan fingerprint density at radius 1 is 1.16 bits per heavy atom. The van der Waals surface area contributed by atoms with Crippen LogP contribution in [0.25, 0.3) is 23.0 Å². The number of methoxy groups -OCH3 is 1. The lowest BCUT2D eigenvalue weighted by Crippen LogP contribution is -2.27. The third-order valence-electron chi connectivity index (χ3n) is 6.38. The Morgan fingerprint density at radius 2 is 2.02 bits per heavy atom. The minimum atomic E-state index is -0.657. The van der Waals surface area contributed by atoms with Gasteiger partial charge in [0.05, 0.1) is 24.5 Å².